The van der Waals surface area contributed by atoms with Gasteiger partial charge in [-0.1, -0.05) is 6.92 Å². The molecule has 7 heteroatoms. The quantitative estimate of drug-likeness (QED) is 0.346. The van der Waals surface area contributed by atoms with Crippen LogP contribution in [0, 0.1) is 20.2 Å². The van der Waals surface area contributed by atoms with Crippen molar-refractivity contribution in [2.24, 2.45) is 0 Å². The van der Waals surface area contributed by atoms with Gasteiger partial charge in [0.1, 0.15) is 0 Å². The zero-order valence-electron chi connectivity index (χ0n) is 5.84. The molecule has 0 aromatic heterocycles. The van der Waals surface area contributed by atoms with Crippen molar-refractivity contribution in [2.75, 3.05) is 0 Å². The molecule has 0 heterocycles. The minimum absolute atomic E-state index is 0.0604. The van der Waals surface area contributed by atoms with E-state index in [0.717, 1.165) is 0 Å². The molecule has 1 N–H and O–H groups in total. The van der Waals surface area contributed by atoms with Crippen LogP contribution in [0.1, 0.15) is 13.3 Å². The molecule has 0 aromatic rings. The summed E-state index contributed by atoms with van der Waals surface area (Å²) in [5.41, 5.74) is 0. The van der Waals surface area contributed by atoms with Gasteiger partial charge in [-0.25, -0.2) is 0 Å². The van der Waals surface area contributed by atoms with E-state index in [9.17, 15) is 20.2 Å². The average Bonchev–Trinajstić information content (AvgIpc) is 1.88. The van der Waals surface area contributed by atoms with Gasteiger partial charge in [0.15, 0.2) is 0 Å². The standard InChI is InChI=1S/C4H8N2O5/c1-2-3(5(8)9)4(7)6(10)11/h3-4,7H,2H2,1H3. The Hall–Kier alpha value is -1.24. The molecule has 0 aliphatic rings. The van der Waals surface area contributed by atoms with Crippen LogP contribution in [-0.2, 0) is 0 Å². The molecular formula is C4H8N2O5. The summed E-state index contributed by atoms with van der Waals surface area (Å²) in [4.78, 5) is 17.9. The number of nitro groups is 2. The number of aliphatic hydroxyl groups is 1. The Morgan fingerprint density at radius 3 is 1.91 bits per heavy atom. The van der Waals surface area contributed by atoms with Gasteiger partial charge in [-0.05, 0) is 0 Å². The van der Waals surface area contributed by atoms with Gasteiger partial charge in [-0.15, -0.1) is 0 Å². The SMILES string of the molecule is CCC(C(O)[N+](=O)[O-])[N+](=O)[O-]. The molecule has 0 fully saturated rings. The molecule has 11 heavy (non-hydrogen) atoms. The fourth-order valence-electron chi connectivity index (χ4n) is 0.609. The predicted octanol–water partition coefficient (Wildman–Crippen LogP) is -0.363. The van der Waals surface area contributed by atoms with Crippen molar-refractivity contribution in [1.29, 1.82) is 0 Å². The topological polar surface area (TPSA) is 107 Å². The van der Waals surface area contributed by atoms with Crippen molar-refractivity contribution in [2.45, 2.75) is 25.6 Å². The van der Waals surface area contributed by atoms with Crippen LogP contribution >= 0.6 is 0 Å². The lowest BCUT2D eigenvalue weighted by molar-refractivity contribution is -0.651. The summed E-state index contributed by atoms with van der Waals surface area (Å²) in [6.07, 6.45) is -2.16. The van der Waals surface area contributed by atoms with Crippen molar-refractivity contribution in [3.05, 3.63) is 20.2 Å². The van der Waals surface area contributed by atoms with Crippen molar-refractivity contribution in [3.8, 4) is 0 Å². The summed E-state index contributed by atoms with van der Waals surface area (Å²) in [6.45, 7) is 1.40. The third-order valence-corrected chi connectivity index (χ3v) is 1.25. The van der Waals surface area contributed by atoms with Gasteiger partial charge in [-0.3, -0.25) is 20.2 Å². The summed E-state index contributed by atoms with van der Waals surface area (Å²) in [5, 5.41) is 28.5. The Kier molecular flexibility index (Phi) is 3.38. The maximum atomic E-state index is 10.0. The van der Waals surface area contributed by atoms with Crippen LogP contribution in [-0.4, -0.2) is 27.2 Å². The Labute approximate surface area is 61.9 Å². The lowest BCUT2D eigenvalue weighted by Gasteiger charge is -2.06. The maximum Gasteiger partial charge on any atom is 0.380 e. The molecule has 2 unspecified atom stereocenters. The summed E-state index contributed by atoms with van der Waals surface area (Å²) in [5.74, 6) is 0. The Bertz CT molecular complexity index is 170. The first-order chi connectivity index (χ1) is 5.00. The summed E-state index contributed by atoms with van der Waals surface area (Å²) < 4.78 is 0. The first-order valence-corrected chi connectivity index (χ1v) is 2.95. The first-order valence-electron chi connectivity index (χ1n) is 2.95. The van der Waals surface area contributed by atoms with E-state index in [0.29, 0.717) is 0 Å². The van der Waals surface area contributed by atoms with Gasteiger partial charge in [0.2, 0.25) is 0 Å². The molecule has 0 amide bonds. The van der Waals surface area contributed by atoms with Gasteiger partial charge in [0, 0.05) is 11.3 Å². The van der Waals surface area contributed by atoms with Crippen LogP contribution < -0.4 is 0 Å². The smallest absolute Gasteiger partial charge is 0.328 e. The van der Waals surface area contributed by atoms with Gasteiger partial charge >= 0.3 is 12.3 Å². The molecule has 0 aliphatic carbocycles. The number of rotatable bonds is 4. The number of hydrogen-bond donors (Lipinski definition) is 1. The highest BCUT2D eigenvalue weighted by Crippen LogP contribution is 2.03. The summed E-state index contributed by atoms with van der Waals surface area (Å²) >= 11 is 0. The van der Waals surface area contributed by atoms with Gasteiger partial charge in [-0.2, -0.15) is 0 Å². The van der Waals surface area contributed by atoms with Crippen LogP contribution in [0.5, 0.6) is 0 Å². The van der Waals surface area contributed by atoms with Gasteiger partial charge < -0.3 is 5.11 Å². The van der Waals surface area contributed by atoms with E-state index in [1.54, 1.807) is 0 Å². The van der Waals surface area contributed by atoms with E-state index in [-0.39, 0.29) is 6.42 Å². The molecular weight excluding hydrogens is 156 g/mol. The van der Waals surface area contributed by atoms with Crippen LogP contribution in [0.2, 0.25) is 0 Å². The highest BCUT2D eigenvalue weighted by Gasteiger charge is 2.37. The Balaban J connectivity index is 4.25. The third kappa shape index (κ3) is 2.46. The largest absolute Gasteiger partial charge is 0.380 e. The van der Waals surface area contributed by atoms with Crippen molar-refractivity contribution in [3.63, 3.8) is 0 Å². The molecule has 7 nitrogen and oxygen atoms in total. The fraction of sp³-hybridized carbons (Fsp3) is 1.00. The van der Waals surface area contributed by atoms with Crippen LogP contribution in [0.25, 0.3) is 0 Å². The Morgan fingerprint density at radius 1 is 1.36 bits per heavy atom. The van der Waals surface area contributed by atoms with E-state index in [4.69, 9.17) is 5.11 Å². The summed E-state index contributed by atoms with van der Waals surface area (Å²) in [7, 11) is 0. The van der Waals surface area contributed by atoms with Gasteiger partial charge in [0.05, 0.1) is 4.92 Å². The van der Waals surface area contributed by atoms with Crippen molar-refractivity contribution >= 4 is 0 Å². The third-order valence-electron chi connectivity index (χ3n) is 1.25. The maximum absolute atomic E-state index is 10.0. The zero-order valence-corrected chi connectivity index (χ0v) is 5.84. The second-order valence-electron chi connectivity index (χ2n) is 1.96. The molecule has 0 saturated heterocycles. The second-order valence-corrected chi connectivity index (χ2v) is 1.96. The Morgan fingerprint density at radius 2 is 1.82 bits per heavy atom. The summed E-state index contributed by atoms with van der Waals surface area (Å²) in [6, 6.07) is -1.51. The molecule has 64 valence electrons. The molecule has 0 saturated carbocycles. The van der Waals surface area contributed by atoms with Crippen LogP contribution in [0.3, 0.4) is 0 Å². The zero-order chi connectivity index (χ0) is 9.02. The number of hydrogen-bond acceptors (Lipinski definition) is 5. The van der Waals surface area contributed by atoms with E-state index in [1.165, 1.54) is 6.92 Å². The molecule has 0 aromatic carbocycles. The molecule has 0 aliphatic heterocycles. The molecule has 0 bridgehead atoms. The van der Waals surface area contributed by atoms with Crippen LogP contribution in [0.4, 0.5) is 0 Å². The van der Waals surface area contributed by atoms with E-state index in [2.05, 4.69) is 0 Å². The molecule has 2 atom stereocenters. The highest BCUT2D eigenvalue weighted by atomic mass is 16.7. The molecule has 0 spiro atoms. The molecule has 0 rings (SSSR count). The van der Waals surface area contributed by atoms with E-state index < -0.39 is 22.1 Å². The van der Waals surface area contributed by atoms with Crippen molar-refractivity contribution < 1.29 is 15.0 Å². The highest BCUT2D eigenvalue weighted by molar-refractivity contribution is 4.54. The van der Waals surface area contributed by atoms with E-state index >= 15 is 0 Å². The minimum atomic E-state index is -2.10. The lowest BCUT2D eigenvalue weighted by atomic mass is 10.2. The van der Waals surface area contributed by atoms with E-state index in [1.807, 2.05) is 0 Å². The number of nitrogens with zero attached hydrogens (tertiary/aromatic N) is 2. The predicted molar refractivity (Wildman–Crippen MR) is 34.1 cm³/mol. The second kappa shape index (κ2) is 3.81. The monoisotopic (exact) mass is 164 g/mol. The number of aliphatic hydroxyl groups excluding tert-OH is 1. The van der Waals surface area contributed by atoms with Gasteiger partial charge in [0.25, 0.3) is 0 Å². The van der Waals surface area contributed by atoms with Crippen molar-refractivity contribution in [1.82, 2.24) is 0 Å². The average molecular weight is 164 g/mol. The first kappa shape index (κ1) is 9.76. The molecule has 0 radical (unpaired) electrons. The fourth-order valence-corrected chi connectivity index (χ4v) is 0.609. The normalized spacial score (nSPS) is 15.5. The van der Waals surface area contributed by atoms with Crippen LogP contribution in [0.15, 0.2) is 0 Å². The lowest BCUT2D eigenvalue weighted by Crippen LogP contribution is -2.38. The minimum Gasteiger partial charge on any atom is -0.328 e.